The third kappa shape index (κ3) is 7.96. The van der Waals surface area contributed by atoms with E-state index in [9.17, 15) is 0 Å². The summed E-state index contributed by atoms with van der Waals surface area (Å²) in [5, 5.41) is 3.38. The first-order valence-corrected chi connectivity index (χ1v) is 8.42. The van der Waals surface area contributed by atoms with Gasteiger partial charge in [0, 0.05) is 52.9 Å². The summed E-state index contributed by atoms with van der Waals surface area (Å²) in [5.41, 5.74) is 0. The quantitative estimate of drug-likeness (QED) is 0.369. The maximum absolute atomic E-state index is 5.45. The molecular formula is C16H34N4O2. The van der Waals surface area contributed by atoms with E-state index in [1.807, 2.05) is 0 Å². The van der Waals surface area contributed by atoms with Crippen LogP contribution in [0.4, 0.5) is 0 Å². The van der Waals surface area contributed by atoms with Crippen LogP contribution < -0.4 is 5.32 Å². The Labute approximate surface area is 135 Å². The third-order valence-electron chi connectivity index (χ3n) is 3.89. The van der Waals surface area contributed by atoms with E-state index in [1.54, 1.807) is 7.11 Å². The molecule has 130 valence electrons. The van der Waals surface area contributed by atoms with Crippen molar-refractivity contribution in [2.75, 3.05) is 73.7 Å². The summed E-state index contributed by atoms with van der Waals surface area (Å²) in [7, 11) is 5.98. The van der Waals surface area contributed by atoms with Crippen molar-refractivity contribution in [3.63, 3.8) is 0 Å². The lowest BCUT2D eigenvalue weighted by molar-refractivity contribution is 0.161. The number of nitrogens with zero attached hydrogens (tertiary/aromatic N) is 3. The molecule has 0 aromatic rings. The van der Waals surface area contributed by atoms with Gasteiger partial charge in [0.05, 0.1) is 13.2 Å². The van der Waals surface area contributed by atoms with Gasteiger partial charge in [-0.3, -0.25) is 4.99 Å². The number of ether oxygens (including phenoxy) is 2. The molecule has 0 aliphatic carbocycles. The summed E-state index contributed by atoms with van der Waals surface area (Å²) in [4.78, 5) is 9.26. The largest absolute Gasteiger partial charge is 0.383 e. The van der Waals surface area contributed by atoms with Gasteiger partial charge in [0.15, 0.2) is 5.96 Å². The van der Waals surface area contributed by atoms with Crippen LogP contribution in [-0.2, 0) is 9.47 Å². The number of nitrogens with one attached hydrogen (secondary N) is 1. The fourth-order valence-corrected chi connectivity index (χ4v) is 2.56. The zero-order valence-corrected chi connectivity index (χ0v) is 14.8. The molecule has 1 rings (SSSR count). The molecule has 0 radical (unpaired) electrons. The second kappa shape index (κ2) is 11.7. The van der Waals surface area contributed by atoms with E-state index in [2.05, 4.69) is 36.1 Å². The molecule has 1 unspecified atom stereocenters. The summed E-state index contributed by atoms with van der Waals surface area (Å²) >= 11 is 0. The molecule has 0 saturated carbocycles. The van der Waals surface area contributed by atoms with Crippen LogP contribution in [0.1, 0.15) is 19.8 Å². The Morgan fingerprint density at radius 2 is 2.18 bits per heavy atom. The van der Waals surface area contributed by atoms with Crippen LogP contribution in [0.5, 0.6) is 0 Å². The minimum atomic E-state index is 0.633. The molecule has 1 N–H and O–H groups in total. The highest BCUT2D eigenvalue weighted by molar-refractivity contribution is 5.79. The average Bonchev–Trinajstić information content (AvgIpc) is 3.01. The zero-order chi connectivity index (χ0) is 16.2. The van der Waals surface area contributed by atoms with Crippen molar-refractivity contribution >= 4 is 5.96 Å². The highest BCUT2D eigenvalue weighted by Gasteiger charge is 2.18. The standard InChI is InChI=1S/C16H34N4O2/c1-5-17-16(20(3)13-15-7-11-22-14-15)18-8-6-9-19(2)10-12-21-4/h15H,5-14H2,1-4H3,(H,17,18). The number of rotatable bonds is 10. The molecule has 1 heterocycles. The van der Waals surface area contributed by atoms with Gasteiger partial charge in [0.25, 0.3) is 0 Å². The Kier molecular flexibility index (Phi) is 10.2. The van der Waals surface area contributed by atoms with E-state index in [4.69, 9.17) is 14.5 Å². The molecule has 1 aliphatic heterocycles. The Morgan fingerprint density at radius 1 is 1.36 bits per heavy atom. The Bertz CT molecular complexity index is 307. The van der Waals surface area contributed by atoms with Crippen molar-refractivity contribution in [2.45, 2.75) is 19.8 Å². The fraction of sp³-hybridized carbons (Fsp3) is 0.938. The Morgan fingerprint density at radius 3 is 2.82 bits per heavy atom. The fourth-order valence-electron chi connectivity index (χ4n) is 2.56. The predicted octanol–water partition coefficient (Wildman–Crippen LogP) is 0.889. The summed E-state index contributed by atoms with van der Waals surface area (Å²) in [5.74, 6) is 1.64. The normalized spacial score (nSPS) is 19.0. The molecule has 1 saturated heterocycles. The van der Waals surface area contributed by atoms with Crippen molar-refractivity contribution in [1.29, 1.82) is 0 Å². The highest BCUT2D eigenvalue weighted by Crippen LogP contribution is 2.13. The molecular weight excluding hydrogens is 280 g/mol. The molecule has 0 amide bonds. The van der Waals surface area contributed by atoms with Gasteiger partial charge in [-0.1, -0.05) is 0 Å². The molecule has 0 bridgehead atoms. The zero-order valence-electron chi connectivity index (χ0n) is 14.8. The number of aliphatic imine (C=N–C) groups is 1. The number of hydrogen-bond donors (Lipinski definition) is 1. The lowest BCUT2D eigenvalue weighted by Gasteiger charge is -2.24. The number of likely N-dealkylation sites (N-methyl/N-ethyl adjacent to an activating group) is 1. The minimum absolute atomic E-state index is 0.633. The molecule has 6 nitrogen and oxygen atoms in total. The first kappa shape index (κ1) is 19.2. The van der Waals surface area contributed by atoms with Crippen LogP contribution in [0, 0.1) is 5.92 Å². The van der Waals surface area contributed by atoms with E-state index in [-0.39, 0.29) is 0 Å². The van der Waals surface area contributed by atoms with Gasteiger partial charge in [0.1, 0.15) is 0 Å². The van der Waals surface area contributed by atoms with Gasteiger partial charge in [-0.2, -0.15) is 0 Å². The second-order valence-electron chi connectivity index (χ2n) is 6.00. The van der Waals surface area contributed by atoms with Crippen LogP contribution in [0.15, 0.2) is 4.99 Å². The molecule has 1 aliphatic rings. The highest BCUT2D eigenvalue weighted by atomic mass is 16.5. The van der Waals surface area contributed by atoms with Gasteiger partial charge in [0.2, 0.25) is 0 Å². The smallest absolute Gasteiger partial charge is 0.193 e. The van der Waals surface area contributed by atoms with E-state index in [0.717, 1.165) is 71.3 Å². The second-order valence-corrected chi connectivity index (χ2v) is 6.00. The molecule has 0 spiro atoms. The first-order chi connectivity index (χ1) is 10.7. The predicted molar refractivity (Wildman–Crippen MR) is 91.5 cm³/mol. The summed E-state index contributed by atoms with van der Waals surface area (Å²) in [6.45, 7) is 9.47. The van der Waals surface area contributed by atoms with Crippen LogP contribution >= 0.6 is 0 Å². The maximum Gasteiger partial charge on any atom is 0.193 e. The van der Waals surface area contributed by atoms with E-state index < -0.39 is 0 Å². The number of hydrogen-bond acceptors (Lipinski definition) is 4. The van der Waals surface area contributed by atoms with Crippen LogP contribution in [0.3, 0.4) is 0 Å². The van der Waals surface area contributed by atoms with E-state index in [1.165, 1.54) is 0 Å². The van der Waals surface area contributed by atoms with Gasteiger partial charge in [-0.15, -0.1) is 0 Å². The maximum atomic E-state index is 5.45. The first-order valence-electron chi connectivity index (χ1n) is 8.42. The Hall–Kier alpha value is -0.850. The van der Waals surface area contributed by atoms with Crippen LogP contribution in [0.25, 0.3) is 0 Å². The van der Waals surface area contributed by atoms with Gasteiger partial charge in [-0.05, 0) is 33.4 Å². The van der Waals surface area contributed by atoms with Crippen molar-refractivity contribution in [2.24, 2.45) is 10.9 Å². The number of guanidine groups is 1. The van der Waals surface area contributed by atoms with Crippen LogP contribution in [0.2, 0.25) is 0 Å². The summed E-state index contributed by atoms with van der Waals surface area (Å²) < 4.78 is 10.5. The SMILES string of the molecule is CCNC(=NCCCN(C)CCOC)N(C)CC1CCOC1. The van der Waals surface area contributed by atoms with E-state index in [0.29, 0.717) is 5.92 Å². The lowest BCUT2D eigenvalue weighted by Crippen LogP contribution is -2.41. The number of methoxy groups -OCH3 is 1. The molecule has 1 fully saturated rings. The van der Waals surface area contributed by atoms with Crippen LogP contribution in [-0.4, -0.2) is 89.5 Å². The minimum Gasteiger partial charge on any atom is -0.383 e. The Balaban J connectivity index is 2.30. The van der Waals surface area contributed by atoms with Crippen molar-refractivity contribution in [1.82, 2.24) is 15.1 Å². The average molecular weight is 314 g/mol. The van der Waals surface area contributed by atoms with Crippen molar-refractivity contribution in [3.05, 3.63) is 0 Å². The third-order valence-corrected chi connectivity index (χ3v) is 3.89. The topological polar surface area (TPSA) is 49.3 Å². The molecule has 0 aromatic heterocycles. The monoisotopic (exact) mass is 314 g/mol. The van der Waals surface area contributed by atoms with Crippen molar-refractivity contribution < 1.29 is 9.47 Å². The summed E-state index contributed by atoms with van der Waals surface area (Å²) in [6, 6.07) is 0. The summed E-state index contributed by atoms with van der Waals surface area (Å²) in [6.07, 6.45) is 2.23. The molecule has 1 atom stereocenters. The molecule has 6 heteroatoms. The van der Waals surface area contributed by atoms with Crippen molar-refractivity contribution in [3.8, 4) is 0 Å². The lowest BCUT2D eigenvalue weighted by atomic mass is 10.1. The van der Waals surface area contributed by atoms with Gasteiger partial charge >= 0.3 is 0 Å². The molecule has 22 heavy (non-hydrogen) atoms. The van der Waals surface area contributed by atoms with Gasteiger partial charge < -0.3 is 24.6 Å². The van der Waals surface area contributed by atoms with E-state index >= 15 is 0 Å². The molecule has 0 aromatic carbocycles. The van der Waals surface area contributed by atoms with Gasteiger partial charge in [-0.25, -0.2) is 0 Å².